The fraction of sp³-hybridized carbons (Fsp3) is 0.458. The highest BCUT2D eigenvalue weighted by Gasteiger charge is 2.43. The molecular formula is C24H26F3NO8S. The SMILES string of the molecule is O=C(O)NC(CS(=O)(=O)c1ccc(Oc2ccc(OC(F)(F)F)cc2)cc1)C1CCC2(CC1)OCCO2. The number of sulfone groups is 1. The van der Waals surface area contributed by atoms with Crippen LogP contribution in [-0.2, 0) is 19.3 Å². The van der Waals surface area contributed by atoms with E-state index >= 15 is 0 Å². The molecule has 1 saturated heterocycles. The molecule has 0 radical (unpaired) electrons. The maximum absolute atomic E-state index is 13.1. The van der Waals surface area contributed by atoms with E-state index in [9.17, 15) is 31.5 Å². The van der Waals surface area contributed by atoms with Crippen molar-refractivity contribution in [2.45, 2.75) is 48.8 Å². The van der Waals surface area contributed by atoms with Gasteiger partial charge in [-0.3, -0.25) is 0 Å². The first-order valence-corrected chi connectivity index (χ1v) is 13.2. The Kier molecular flexibility index (Phi) is 7.85. The largest absolute Gasteiger partial charge is 0.573 e. The summed E-state index contributed by atoms with van der Waals surface area (Å²) in [6, 6.07) is 9.42. The molecule has 1 aliphatic heterocycles. The Morgan fingerprint density at radius 3 is 2.03 bits per heavy atom. The van der Waals surface area contributed by atoms with Gasteiger partial charge in [-0.25, -0.2) is 13.2 Å². The summed E-state index contributed by atoms with van der Waals surface area (Å²) in [6.07, 6.45) is -3.87. The number of carboxylic acid groups (broad SMARTS) is 1. The Morgan fingerprint density at radius 1 is 1.00 bits per heavy atom. The van der Waals surface area contributed by atoms with Crippen LogP contribution in [0.25, 0.3) is 0 Å². The van der Waals surface area contributed by atoms with Crippen molar-refractivity contribution < 1.29 is 50.4 Å². The summed E-state index contributed by atoms with van der Waals surface area (Å²) >= 11 is 0. The number of amides is 1. The normalized spacial score (nSPS) is 18.9. The molecule has 1 saturated carbocycles. The summed E-state index contributed by atoms with van der Waals surface area (Å²) in [5.41, 5.74) is 0. The summed E-state index contributed by atoms with van der Waals surface area (Å²) in [5, 5.41) is 11.7. The molecule has 0 bridgehead atoms. The van der Waals surface area contributed by atoms with Crippen LogP contribution < -0.4 is 14.8 Å². The fourth-order valence-corrected chi connectivity index (χ4v) is 6.19. The Hall–Kier alpha value is -3.03. The second kappa shape index (κ2) is 10.8. The molecule has 2 N–H and O–H groups in total. The predicted molar refractivity (Wildman–Crippen MR) is 123 cm³/mol. The van der Waals surface area contributed by atoms with Crippen molar-refractivity contribution >= 4 is 15.9 Å². The van der Waals surface area contributed by atoms with Crippen molar-refractivity contribution in [3.63, 3.8) is 0 Å². The van der Waals surface area contributed by atoms with Gasteiger partial charge in [-0.05, 0) is 67.3 Å². The van der Waals surface area contributed by atoms with Gasteiger partial charge in [0.15, 0.2) is 15.6 Å². The molecule has 2 fully saturated rings. The summed E-state index contributed by atoms with van der Waals surface area (Å²) in [5.74, 6) is -1.18. The summed E-state index contributed by atoms with van der Waals surface area (Å²) in [6.45, 7) is 1.01. The van der Waals surface area contributed by atoms with Crippen LogP contribution in [0.5, 0.6) is 17.2 Å². The fourth-order valence-electron chi connectivity index (χ4n) is 4.62. The van der Waals surface area contributed by atoms with E-state index in [-0.39, 0.29) is 22.3 Å². The van der Waals surface area contributed by atoms with Gasteiger partial charge in [0.05, 0.1) is 23.9 Å². The zero-order valence-corrected chi connectivity index (χ0v) is 20.4. The van der Waals surface area contributed by atoms with E-state index in [1.165, 1.54) is 36.4 Å². The summed E-state index contributed by atoms with van der Waals surface area (Å²) < 4.78 is 83.8. The van der Waals surface area contributed by atoms with E-state index in [1.54, 1.807) is 0 Å². The lowest BCUT2D eigenvalue weighted by Gasteiger charge is -2.38. The number of hydrogen-bond donors (Lipinski definition) is 2. The van der Waals surface area contributed by atoms with Gasteiger partial charge >= 0.3 is 12.5 Å². The van der Waals surface area contributed by atoms with Gasteiger partial charge in [0, 0.05) is 18.9 Å². The van der Waals surface area contributed by atoms with Crippen LogP contribution >= 0.6 is 0 Å². The lowest BCUT2D eigenvalue weighted by molar-refractivity contribution is -0.274. The zero-order chi connectivity index (χ0) is 26.7. The van der Waals surface area contributed by atoms with Crippen LogP contribution in [0.1, 0.15) is 25.7 Å². The van der Waals surface area contributed by atoms with Gasteiger partial charge in [0.1, 0.15) is 17.2 Å². The number of halogens is 3. The molecule has 1 unspecified atom stereocenters. The third kappa shape index (κ3) is 7.27. The molecule has 1 atom stereocenters. The molecule has 9 nitrogen and oxygen atoms in total. The van der Waals surface area contributed by atoms with Crippen molar-refractivity contribution in [3.8, 4) is 17.2 Å². The molecule has 13 heteroatoms. The van der Waals surface area contributed by atoms with Gasteiger partial charge in [0.25, 0.3) is 0 Å². The Bertz CT molecular complexity index is 1170. The predicted octanol–water partition coefficient (Wildman–Crippen LogP) is 4.72. The smallest absolute Gasteiger partial charge is 0.465 e. The first kappa shape index (κ1) is 27.0. The first-order valence-electron chi connectivity index (χ1n) is 11.6. The molecule has 1 aliphatic carbocycles. The first-order chi connectivity index (χ1) is 17.4. The minimum Gasteiger partial charge on any atom is -0.465 e. The molecule has 37 heavy (non-hydrogen) atoms. The number of alkyl halides is 3. The zero-order valence-electron chi connectivity index (χ0n) is 19.6. The Labute approximate surface area is 211 Å². The van der Waals surface area contributed by atoms with Gasteiger partial charge in [-0.1, -0.05) is 0 Å². The van der Waals surface area contributed by atoms with E-state index in [4.69, 9.17) is 14.2 Å². The van der Waals surface area contributed by atoms with Crippen LogP contribution in [0, 0.1) is 5.92 Å². The number of benzene rings is 2. The van der Waals surface area contributed by atoms with E-state index in [0.29, 0.717) is 38.9 Å². The summed E-state index contributed by atoms with van der Waals surface area (Å²) in [7, 11) is -3.86. The highest BCUT2D eigenvalue weighted by atomic mass is 32.2. The number of rotatable bonds is 8. The van der Waals surface area contributed by atoms with E-state index in [2.05, 4.69) is 10.1 Å². The topological polar surface area (TPSA) is 120 Å². The van der Waals surface area contributed by atoms with Crippen LogP contribution in [0.15, 0.2) is 53.4 Å². The molecule has 1 spiro atoms. The molecule has 1 amide bonds. The Balaban J connectivity index is 1.39. The molecule has 2 aromatic carbocycles. The second-order valence-electron chi connectivity index (χ2n) is 8.88. The monoisotopic (exact) mass is 545 g/mol. The molecular weight excluding hydrogens is 519 g/mol. The summed E-state index contributed by atoms with van der Waals surface area (Å²) in [4.78, 5) is 11.4. The third-order valence-electron chi connectivity index (χ3n) is 6.36. The van der Waals surface area contributed by atoms with Gasteiger partial charge in [-0.2, -0.15) is 0 Å². The van der Waals surface area contributed by atoms with Gasteiger partial charge in [0.2, 0.25) is 0 Å². The molecule has 202 valence electrons. The van der Waals surface area contributed by atoms with Crippen LogP contribution in [-0.4, -0.2) is 56.8 Å². The number of carbonyl (C=O) groups is 1. The quantitative estimate of drug-likeness (QED) is 0.489. The van der Waals surface area contributed by atoms with E-state index in [0.717, 1.165) is 12.1 Å². The molecule has 4 rings (SSSR count). The highest BCUT2D eigenvalue weighted by Crippen LogP contribution is 2.40. The maximum atomic E-state index is 13.1. The van der Waals surface area contributed by atoms with Crippen LogP contribution in [0.2, 0.25) is 0 Å². The molecule has 0 aromatic heterocycles. The average molecular weight is 546 g/mol. The van der Waals surface area contributed by atoms with Crippen molar-refractivity contribution in [3.05, 3.63) is 48.5 Å². The van der Waals surface area contributed by atoms with Crippen molar-refractivity contribution in [2.24, 2.45) is 5.92 Å². The highest BCUT2D eigenvalue weighted by molar-refractivity contribution is 7.91. The molecule has 2 aliphatic rings. The van der Waals surface area contributed by atoms with Crippen molar-refractivity contribution in [1.82, 2.24) is 5.32 Å². The molecule has 1 heterocycles. The van der Waals surface area contributed by atoms with E-state index in [1.807, 2.05) is 0 Å². The van der Waals surface area contributed by atoms with Gasteiger partial charge in [-0.15, -0.1) is 13.2 Å². The van der Waals surface area contributed by atoms with Crippen LogP contribution in [0.4, 0.5) is 18.0 Å². The van der Waals surface area contributed by atoms with Crippen molar-refractivity contribution in [1.29, 1.82) is 0 Å². The minimum absolute atomic E-state index is 0.0132. The van der Waals surface area contributed by atoms with Crippen LogP contribution in [0.3, 0.4) is 0 Å². The molecule has 2 aromatic rings. The number of nitrogens with one attached hydrogen (secondary N) is 1. The van der Waals surface area contributed by atoms with Crippen molar-refractivity contribution in [2.75, 3.05) is 19.0 Å². The Morgan fingerprint density at radius 2 is 1.51 bits per heavy atom. The minimum atomic E-state index is -4.80. The number of ether oxygens (including phenoxy) is 4. The van der Waals surface area contributed by atoms with E-state index < -0.39 is 45.6 Å². The third-order valence-corrected chi connectivity index (χ3v) is 8.15. The average Bonchev–Trinajstić information content (AvgIpc) is 3.27. The lowest BCUT2D eigenvalue weighted by atomic mass is 9.81. The maximum Gasteiger partial charge on any atom is 0.573 e. The lowest BCUT2D eigenvalue weighted by Crippen LogP contribution is -2.47. The number of hydrogen-bond acceptors (Lipinski definition) is 7. The van der Waals surface area contributed by atoms with Gasteiger partial charge < -0.3 is 29.4 Å². The second-order valence-corrected chi connectivity index (χ2v) is 10.9. The standard InChI is InChI=1S/C24H26F3NO8S/c25-24(26,27)36-19-3-1-17(2-4-19)35-18-5-7-20(8-6-18)37(31,32)15-21(28-22(29)30)16-9-11-23(12-10-16)33-13-14-34-23/h1-8,16,21,28H,9-15H2,(H,29,30).